The van der Waals surface area contributed by atoms with E-state index in [1.54, 1.807) is 18.3 Å². The SMILES string of the molecule is Nc1cc2ccc1-c1ccnc(n1)Nc1cc(cc(N3CCCCC3)c1)COCCCCNC2=O. The van der Waals surface area contributed by atoms with Crippen LogP contribution in [0.15, 0.2) is 48.7 Å². The van der Waals surface area contributed by atoms with Crippen LogP contribution in [0.1, 0.15) is 48.0 Å². The molecular formula is C27H32N6O2. The number of benzene rings is 2. The maximum atomic E-state index is 12.5. The molecule has 0 unspecified atom stereocenters. The van der Waals surface area contributed by atoms with Crippen LogP contribution < -0.4 is 21.3 Å². The number of carbonyl (C=O) groups excluding carboxylic acids is 1. The number of hydrogen-bond donors (Lipinski definition) is 3. The summed E-state index contributed by atoms with van der Waals surface area (Å²) < 4.78 is 5.98. The monoisotopic (exact) mass is 472 g/mol. The standard InChI is InChI=1S/C27H32N6O2/c28-24-16-20-6-7-23(24)25-8-10-30-27(32-25)31-21-14-19(18-35-13-5-2-9-29-26(20)34)15-22(17-21)33-11-3-1-4-12-33/h6-8,10,14-17H,1-5,9,11-13,18,28H2,(H,29,34)(H,30,31,32). The van der Waals surface area contributed by atoms with Gasteiger partial charge in [-0.05, 0) is 80.1 Å². The largest absolute Gasteiger partial charge is 0.398 e. The number of nitrogens with two attached hydrogens (primary N) is 1. The molecule has 1 saturated heterocycles. The first kappa shape index (κ1) is 23.1. The quantitative estimate of drug-likeness (QED) is 0.448. The fourth-order valence-corrected chi connectivity index (χ4v) is 4.62. The van der Waals surface area contributed by atoms with Crippen LogP contribution in [0.5, 0.6) is 0 Å². The van der Waals surface area contributed by atoms with Crippen molar-refractivity contribution in [3.63, 3.8) is 0 Å². The minimum absolute atomic E-state index is 0.131. The van der Waals surface area contributed by atoms with Gasteiger partial charge in [0.25, 0.3) is 5.91 Å². The van der Waals surface area contributed by atoms with Gasteiger partial charge >= 0.3 is 0 Å². The molecule has 35 heavy (non-hydrogen) atoms. The lowest BCUT2D eigenvalue weighted by Gasteiger charge is -2.29. The Morgan fingerprint density at radius 1 is 0.971 bits per heavy atom. The van der Waals surface area contributed by atoms with Crippen molar-refractivity contribution in [3.8, 4) is 11.3 Å². The van der Waals surface area contributed by atoms with Crippen LogP contribution in [0.4, 0.5) is 23.0 Å². The third-order valence-corrected chi connectivity index (χ3v) is 6.47. The van der Waals surface area contributed by atoms with Gasteiger partial charge in [0, 0.05) is 60.6 Å². The molecule has 6 bridgehead atoms. The van der Waals surface area contributed by atoms with Crippen LogP contribution >= 0.6 is 0 Å². The highest BCUT2D eigenvalue weighted by molar-refractivity contribution is 5.96. The van der Waals surface area contributed by atoms with E-state index in [1.807, 2.05) is 12.1 Å². The number of amides is 1. The van der Waals surface area contributed by atoms with Crippen LogP contribution in [0.25, 0.3) is 11.3 Å². The summed E-state index contributed by atoms with van der Waals surface area (Å²) >= 11 is 0. The van der Waals surface area contributed by atoms with Gasteiger partial charge < -0.3 is 26.0 Å². The van der Waals surface area contributed by atoms with E-state index in [4.69, 9.17) is 15.5 Å². The molecule has 0 radical (unpaired) electrons. The number of carbonyl (C=O) groups is 1. The Labute approximate surface area is 205 Å². The predicted octanol–water partition coefficient (Wildman–Crippen LogP) is 4.50. The number of rotatable bonds is 1. The van der Waals surface area contributed by atoms with E-state index in [2.05, 4.69) is 38.7 Å². The summed E-state index contributed by atoms with van der Waals surface area (Å²) in [5.41, 5.74) is 12.0. The minimum Gasteiger partial charge on any atom is -0.398 e. The summed E-state index contributed by atoms with van der Waals surface area (Å²) in [6.45, 7) is 3.90. The van der Waals surface area contributed by atoms with E-state index in [0.29, 0.717) is 42.7 Å². The summed E-state index contributed by atoms with van der Waals surface area (Å²) in [6, 6.07) is 13.6. The Morgan fingerprint density at radius 2 is 1.86 bits per heavy atom. The van der Waals surface area contributed by atoms with Gasteiger partial charge in [-0.2, -0.15) is 0 Å². The Morgan fingerprint density at radius 3 is 2.71 bits per heavy atom. The average Bonchev–Trinajstić information content (AvgIpc) is 2.88. The van der Waals surface area contributed by atoms with Crippen molar-refractivity contribution in [2.45, 2.75) is 38.7 Å². The average molecular weight is 473 g/mol. The number of hydrogen-bond acceptors (Lipinski definition) is 7. The first-order valence-corrected chi connectivity index (χ1v) is 12.4. The molecule has 1 fully saturated rings. The van der Waals surface area contributed by atoms with Crippen molar-refractivity contribution in [2.75, 3.05) is 42.2 Å². The van der Waals surface area contributed by atoms with Crippen LogP contribution in [0.2, 0.25) is 0 Å². The van der Waals surface area contributed by atoms with Crippen LogP contribution in [0, 0.1) is 0 Å². The normalized spacial score (nSPS) is 17.0. The molecule has 4 N–H and O–H groups in total. The van der Waals surface area contributed by atoms with Crippen LogP contribution in [-0.4, -0.2) is 42.1 Å². The zero-order valence-corrected chi connectivity index (χ0v) is 19.9. The predicted molar refractivity (Wildman–Crippen MR) is 139 cm³/mol. The summed E-state index contributed by atoms with van der Waals surface area (Å²) in [5, 5.41) is 6.35. The van der Waals surface area contributed by atoms with Crippen LogP contribution in [-0.2, 0) is 11.3 Å². The summed E-state index contributed by atoms with van der Waals surface area (Å²) in [4.78, 5) is 24.1. The van der Waals surface area contributed by atoms with Gasteiger partial charge in [0.05, 0.1) is 12.3 Å². The Hall–Kier alpha value is -3.65. The van der Waals surface area contributed by atoms with Crippen molar-refractivity contribution >= 4 is 28.9 Å². The molecule has 2 aromatic carbocycles. The van der Waals surface area contributed by atoms with Gasteiger partial charge in [-0.25, -0.2) is 9.97 Å². The van der Waals surface area contributed by atoms with Crippen molar-refractivity contribution in [1.82, 2.24) is 15.3 Å². The highest BCUT2D eigenvalue weighted by atomic mass is 16.5. The Balaban J connectivity index is 1.49. The number of nitrogens with one attached hydrogen (secondary N) is 2. The van der Waals surface area contributed by atoms with E-state index in [-0.39, 0.29) is 5.91 Å². The van der Waals surface area contributed by atoms with E-state index in [0.717, 1.165) is 42.7 Å². The number of ether oxygens (including phenoxy) is 1. The van der Waals surface area contributed by atoms with E-state index >= 15 is 0 Å². The van der Waals surface area contributed by atoms with Gasteiger partial charge in [0.2, 0.25) is 5.95 Å². The smallest absolute Gasteiger partial charge is 0.251 e. The van der Waals surface area contributed by atoms with E-state index in [9.17, 15) is 4.79 Å². The molecule has 8 heteroatoms. The molecular weight excluding hydrogens is 440 g/mol. The maximum absolute atomic E-state index is 12.5. The molecule has 1 amide bonds. The molecule has 3 aliphatic rings. The highest BCUT2D eigenvalue weighted by Crippen LogP contribution is 2.29. The summed E-state index contributed by atoms with van der Waals surface area (Å²) in [7, 11) is 0. The second-order valence-corrected chi connectivity index (χ2v) is 9.14. The van der Waals surface area contributed by atoms with Crippen molar-refractivity contribution in [3.05, 3.63) is 59.8 Å². The van der Waals surface area contributed by atoms with Gasteiger partial charge in [0.1, 0.15) is 0 Å². The fraction of sp³-hybridized carbons (Fsp3) is 0.370. The molecule has 0 spiro atoms. The van der Waals surface area contributed by atoms with Crippen molar-refractivity contribution in [1.29, 1.82) is 0 Å². The lowest BCUT2D eigenvalue weighted by molar-refractivity contribution is 0.0946. The lowest BCUT2D eigenvalue weighted by Crippen LogP contribution is -2.29. The molecule has 182 valence electrons. The summed E-state index contributed by atoms with van der Waals surface area (Å²) in [6.07, 6.45) is 7.15. The first-order chi connectivity index (χ1) is 17.2. The van der Waals surface area contributed by atoms with Crippen molar-refractivity contribution < 1.29 is 9.53 Å². The second kappa shape index (κ2) is 10.7. The fourth-order valence-electron chi connectivity index (χ4n) is 4.62. The number of anilines is 4. The number of piperidine rings is 1. The number of nitrogen functional groups attached to an aromatic ring is 1. The van der Waals surface area contributed by atoms with E-state index in [1.165, 1.54) is 24.9 Å². The minimum atomic E-state index is -0.131. The van der Waals surface area contributed by atoms with Gasteiger partial charge in [-0.1, -0.05) is 0 Å². The third-order valence-electron chi connectivity index (χ3n) is 6.47. The topological polar surface area (TPSA) is 105 Å². The van der Waals surface area contributed by atoms with E-state index < -0.39 is 0 Å². The maximum Gasteiger partial charge on any atom is 0.251 e. The zero-order chi connectivity index (χ0) is 24.0. The van der Waals surface area contributed by atoms with Crippen molar-refractivity contribution in [2.24, 2.45) is 0 Å². The number of nitrogens with zero attached hydrogens (tertiary/aromatic N) is 3. The molecule has 8 nitrogen and oxygen atoms in total. The van der Waals surface area contributed by atoms with Gasteiger partial charge in [-0.3, -0.25) is 4.79 Å². The molecule has 0 aliphatic carbocycles. The molecule has 1 aromatic heterocycles. The first-order valence-electron chi connectivity index (χ1n) is 12.4. The summed E-state index contributed by atoms with van der Waals surface area (Å²) in [5.74, 6) is 0.359. The Kier molecular flexibility index (Phi) is 7.09. The molecule has 4 heterocycles. The molecule has 3 aromatic rings. The Bertz CT molecular complexity index is 1190. The molecule has 0 saturated carbocycles. The van der Waals surface area contributed by atoms with Crippen LogP contribution in [0.3, 0.4) is 0 Å². The number of fused-ring (bicyclic) bond motifs is 9. The highest BCUT2D eigenvalue weighted by Gasteiger charge is 2.15. The number of aromatic nitrogens is 2. The molecule has 6 rings (SSSR count). The third kappa shape index (κ3) is 5.71. The molecule has 0 atom stereocenters. The molecule has 3 aliphatic heterocycles. The zero-order valence-electron chi connectivity index (χ0n) is 19.9. The lowest BCUT2D eigenvalue weighted by atomic mass is 10.1. The second-order valence-electron chi connectivity index (χ2n) is 9.14. The van der Waals surface area contributed by atoms with Gasteiger partial charge in [0.15, 0.2) is 0 Å². The van der Waals surface area contributed by atoms with Gasteiger partial charge in [-0.15, -0.1) is 0 Å².